The van der Waals surface area contributed by atoms with Crippen molar-refractivity contribution in [1.82, 2.24) is 4.90 Å². The lowest BCUT2D eigenvalue weighted by Crippen LogP contribution is -2.35. The van der Waals surface area contributed by atoms with Gasteiger partial charge in [-0.05, 0) is 50.9 Å². The van der Waals surface area contributed by atoms with Crippen molar-refractivity contribution >= 4 is 28.9 Å². The predicted molar refractivity (Wildman–Crippen MR) is 85.4 cm³/mol. The van der Waals surface area contributed by atoms with E-state index in [1.807, 2.05) is 6.92 Å². The number of anilines is 2. The number of benzene rings is 1. The van der Waals surface area contributed by atoms with Crippen LogP contribution in [0.5, 0.6) is 0 Å². The number of rotatable bonds is 3. The van der Waals surface area contributed by atoms with Gasteiger partial charge in [0.25, 0.3) is 0 Å². The average Bonchev–Trinajstić information content (AvgIpc) is 2.55. The van der Waals surface area contributed by atoms with Gasteiger partial charge in [-0.2, -0.15) is 0 Å². The summed E-state index contributed by atoms with van der Waals surface area (Å²) in [5.74, 6) is -0.0849. The van der Waals surface area contributed by atoms with Gasteiger partial charge in [-0.15, -0.1) is 0 Å². The Hall–Kier alpha value is -1.30. The number of nitrogens with one attached hydrogen (secondary N) is 1. The third-order valence-corrected chi connectivity index (χ3v) is 4.15. The summed E-state index contributed by atoms with van der Waals surface area (Å²) in [6, 6.07) is 5.03. The number of halogens is 1. The Bertz CT molecular complexity index is 520. The molecule has 1 amide bonds. The molecule has 116 valence electrons. The van der Waals surface area contributed by atoms with E-state index in [0.29, 0.717) is 29.4 Å². The quantitative estimate of drug-likeness (QED) is 0.747. The first kappa shape index (κ1) is 16.1. The number of likely N-dealkylation sites (tertiary alicyclic amines) is 1. The molecular formula is C15H22ClN3O2. The van der Waals surface area contributed by atoms with Crippen LogP contribution in [0.2, 0.25) is 5.02 Å². The first-order chi connectivity index (χ1) is 9.85. The molecule has 1 aromatic rings. The molecule has 0 radical (unpaired) electrons. The summed E-state index contributed by atoms with van der Waals surface area (Å²) in [5.41, 5.74) is 6.18. The van der Waals surface area contributed by atoms with Crippen LogP contribution in [0, 0.1) is 0 Å². The molecule has 0 spiro atoms. The summed E-state index contributed by atoms with van der Waals surface area (Å²) in [5, 5.41) is 13.3. The molecule has 1 aliphatic rings. The first-order valence-electron chi connectivity index (χ1n) is 7.15. The lowest BCUT2D eigenvalue weighted by atomic mass is 9.98. The zero-order chi connectivity index (χ0) is 15.5. The van der Waals surface area contributed by atoms with Gasteiger partial charge in [0.1, 0.15) is 0 Å². The van der Waals surface area contributed by atoms with Gasteiger partial charge >= 0.3 is 0 Å². The Morgan fingerprint density at radius 2 is 2.24 bits per heavy atom. The van der Waals surface area contributed by atoms with Crippen LogP contribution in [0.15, 0.2) is 18.2 Å². The number of carbonyl (C=O) groups is 1. The van der Waals surface area contributed by atoms with Gasteiger partial charge in [0, 0.05) is 12.2 Å². The topological polar surface area (TPSA) is 78.6 Å². The number of nitrogen functional groups attached to an aromatic ring is 1. The minimum absolute atomic E-state index is 0.0849. The smallest absolute Gasteiger partial charge is 0.238 e. The van der Waals surface area contributed by atoms with Gasteiger partial charge in [0.05, 0.1) is 22.9 Å². The maximum Gasteiger partial charge on any atom is 0.238 e. The highest BCUT2D eigenvalue weighted by molar-refractivity contribution is 6.33. The SMILES string of the molecule is CC1(O)CCCN(CC(=O)Nc2ccc(Cl)c(N)c2)CC1. The number of amides is 1. The van der Waals surface area contributed by atoms with Gasteiger partial charge in [-0.25, -0.2) is 0 Å². The fourth-order valence-electron chi connectivity index (χ4n) is 2.50. The van der Waals surface area contributed by atoms with Crippen molar-refractivity contribution < 1.29 is 9.90 Å². The van der Waals surface area contributed by atoms with E-state index >= 15 is 0 Å². The third-order valence-electron chi connectivity index (χ3n) is 3.80. The number of aliphatic hydroxyl groups is 1. The molecule has 4 N–H and O–H groups in total. The van der Waals surface area contributed by atoms with Crippen LogP contribution in [0.25, 0.3) is 0 Å². The Labute approximate surface area is 130 Å². The summed E-state index contributed by atoms with van der Waals surface area (Å²) in [4.78, 5) is 14.1. The lowest BCUT2D eigenvalue weighted by Gasteiger charge is -2.22. The number of hydrogen-bond acceptors (Lipinski definition) is 4. The zero-order valence-electron chi connectivity index (χ0n) is 12.2. The normalized spacial score (nSPS) is 23.6. The highest BCUT2D eigenvalue weighted by Crippen LogP contribution is 2.23. The van der Waals surface area contributed by atoms with Crippen LogP contribution in [-0.2, 0) is 4.79 Å². The maximum atomic E-state index is 12.1. The van der Waals surface area contributed by atoms with Crippen LogP contribution >= 0.6 is 11.6 Å². The van der Waals surface area contributed by atoms with Crippen molar-refractivity contribution in [3.05, 3.63) is 23.2 Å². The van der Waals surface area contributed by atoms with Gasteiger partial charge in [0.15, 0.2) is 0 Å². The molecule has 1 saturated heterocycles. The molecule has 0 saturated carbocycles. The molecule has 1 fully saturated rings. The van der Waals surface area contributed by atoms with E-state index in [1.165, 1.54) is 0 Å². The van der Waals surface area contributed by atoms with Crippen LogP contribution in [-0.4, -0.2) is 41.1 Å². The molecule has 0 bridgehead atoms. The van der Waals surface area contributed by atoms with Crippen LogP contribution in [0.3, 0.4) is 0 Å². The second-order valence-corrected chi connectivity index (χ2v) is 6.32. The van der Waals surface area contributed by atoms with Gasteiger partial charge in [-0.1, -0.05) is 11.6 Å². The second kappa shape index (κ2) is 6.64. The number of hydrogen-bond donors (Lipinski definition) is 3. The molecule has 0 aromatic heterocycles. The summed E-state index contributed by atoms with van der Waals surface area (Å²) in [6.07, 6.45) is 2.36. The molecule has 2 rings (SSSR count). The number of carbonyl (C=O) groups excluding carboxylic acids is 1. The predicted octanol–water partition coefficient (Wildman–Crippen LogP) is 2.10. The highest BCUT2D eigenvalue weighted by atomic mass is 35.5. The van der Waals surface area contributed by atoms with E-state index < -0.39 is 5.60 Å². The molecule has 1 atom stereocenters. The molecule has 6 heteroatoms. The van der Waals surface area contributed by atoms with Gasteiger partial charge < -0.3 is 16.2 Å². The molecular weight excluding hydrogens is 290 g/mol. The third kappa shape index (κ3) is 4.88. The van der Waals surface area contributed by atoms with E-state index in [9.17, 15) is 9.90 Å². The molecule has 1 unspecified atom stereocenters. The van der Waals surface area contributed by atoms with Crippen molar-refractivity contribution in [1.29, 1.82) is 0 Å². The second-order valence-electron chi connectivity index (χ2n) is 5.91. The maximum absolute atomic E-state index is 12.1. The average molecular weight is 312 g/mol. The molecule has 1 aromatic carbocycles. The van der Waals surface area contributed by atoms with Gasteiger partial charge in [0.2, 0.25) is 5.91 Å². The minimum atomic E-state index is -0.615. The number of nitrogens with two attached hydrogens (primary N) is 1. The molecule has 1 heterocycles. The van der Waals surface area contributed by atoms with Crippen molar-refractivity contribution in [2.45, 2.75) is 31.8 Å². The standard InChI is InChI=1S/C15H22ClN3O2/c1-15(21)5-2-7-19(8-6-15)10-14(20)18-11-3-4-12(16)13(17)9-11/h3-4,9,21H,2,5-8,10,17H2,1H3,(H,18,20). The van der Waals surface area contributed by atoms with Gasteiger partial charge in [-0.3, -0.25) is 9.69 Å². The first-order valence-corrected chi connectivity index (χ1v) is 7.53. The van der Waals surface area contributed by atoms with E-state index in [4.69, 9.17) is 17.3 Å². The molecule has 1 aliphatic heterocycles. The molecule has 0 aliphatic carbocycles. The van der Waals surface area contributed by atoms with E-state index in [1.54, 1.807) is 18.2 Å². The van der Waals surface area contributed by atoms with Crippen LogP contribution < -0.4 is 11.1 Å². The summed E-state index contributed by atoms with van der Waals surface area (Å²) < 4.78 is 0. The van der Waals surface area contributed by atoms with Crippen molar-refractivity contribution in [2.24, 2.45) is 0 Å². The van der Waals surface area contributed by atoms with Crippen LogP contribution in [0.4, 0.5) is 11.4 Å². The van der Waals surface area contributed by atoms with Crippen LogP contribution in [0.1, 0.15) is 26.2 Å². The summed E-state index contributed by atoms with van der Waals surface area (Å²) in [6.45, 7) is 3.72. The molecule has 5 nitrogen and oxygen atoms in total. The number of nitrogens with zero attached hydrogens (tertiary/aromatic N) is 1. The lowest BCUT2D eigenvalue weighted by molar-refractivity contribution is -0.117. The van der Waals surface area contributed by atoms with Crippen molar-refractivity contribution in [3.63, 3.8) is 0 Å². The monoisotopic (exact) mass is 311 g/mol. The zero-order valence-corrected chi connectivity index (χ0v) is 13.0. The fourth-order valence-corrected chi connectivity index (χ4v) is 2.62. The largest absolute Gasteiger partial charge is 0.397 e. The van der Waals surface area contributed by atoms with E-state index in [2.05, 4.69) is 10.2 Å². The fraction of sp³-hybridized carbons (Fsp3) is 0.533. The van der Waals surface area contributed by atoms with Crippen molar-refractivity contribution in [2.75, 3.05) is 30.7 Å². The van der Waals surface area contributed by atoms with E-state index in [0.717, 1.165) is 25.9 Å². The molecule has 21 heavy (non-hydrogen) atoms. The minimum Gasteiger partial charge on any atom is -0.397 e. The Morgan fingerprint density at radius 3 is 2.95 bits per heavy atom. The Balaban J connectivity index is 1.88. The van der Waals surface area contributed by atoms with Crippen molar-refractivity contribution in [3.8, 4) is 0 Å². The summed E-state index contributed by atoms with van der Waals surface area (Å²) in [7, 11) is 0. The Morgan fingerprint density at radius 1 is 1.48 bits per heavy atom. The Kier molecular flexibility index (Phi) is 5.08. The summed E-state index contributed by atoms with van der Waals surface area (Å²) >= 11 is 5.85. The highest BCUT2D eigenvalue weighted by Gasteiger charge is 2.25. The van der Waals surface area contributed by atoms with E-state index in [-0.39, 0.29) is 5.91 Å².